The predicted octanol–water partition coefficient (Wildman–Crippen LogP) is 1.90. The third kappa shape index (κ3) is 4.79. The van der Waals surface area contributed by atoms with Crippen LogP contribution in [0.3, 0.4) is 0 Å². The number of hydrogen-bond donors (Lipinski definition) is 0. The van der Waals surface area contributed by atoms with E-state index < -0.39 is 6.04 Å². The Hall–Kier alpha value is -3.97. The second-order valence-corrected chi connectivity index (χ2v) is 11.1. The van der Waals surface area contributed by atoms with Crippen LogP contribution in [0.1, 0.15) is 0 Å². The Balaban J connectivity index is 1.24. The molecule has 3 aliphatic rings. The average Bonchev–Trinajstić information content (AvgIpc) is 3.61. The zero-order valence-corrected chi connectivity index (χ0v) is 23.7. The Bertz CT molecular complexity index is 1500. The monoisotopic (exact) mass is 579 g/mol. The van der Waals surface area contributed by atoms with E-state index >= 15 is 0 Å². The number of aliphatic imine (C=N–C) groups is 1. The number of urea groups is 1. The summed E-state index contributed by atoms with van der Waals surface area (Å²) in [6.07, 6.45) is 0. The van der Waals surface area contributed by atoms with Gasteiger partial charge in [0.15, 0.2) is 0 Å². The number of para-hydroxylation sites is 1. The van der Waals surface area contributed by atoms with Crippen LogP contribution in [-0.4, -0.2) is 122 Å². The molecule has 1 unspecified atom stereocenters. The molecule has 3 aliphatic heterocycles. The van der Waals surface area contributed by atoms with Crippen LogP contribution in [0.2, 0.25) is 5.02 Å². The van der Waals surface area contributed by atoms with Crippen LogP contribution < -0.4 is 4.90 Å². The highest BCUT2D eigenvalue weighted by atomic mass is 35.5. The molecule has 0 aliphatic carbocycles. The van der Waals surface area contributed by atoms with E-state index in [1.165, 1.54) is 28.6 Å². The number of amidine groups is 1. The number of guanidine groups is 1. The number of hydrogen-bond acceptors (Lipinski definition) is 7. The van der Waals surface area contributed by atoms with Crippen molar-refractivity contribution < 1.29 is 14.2 Å². The lowest BCUT2D eigenvalue weighted by Gasteiger charge is -2.34. The number of halogens is 1. The van der Waals surface area contributed by atoms with Crippen LogP contribution in [0, 0.1) is 0 Å². The topological polar surface area (TPSA) is 106 Å². The van der Waals surface area contributed by atoms with Gasteiger partial charge in [0.2, 0.25) is 17.0 Å². The number of nitrogens with zero attached hydrogens (tertiary/aromatic N) is 10. The van der Waals surface area contributed by atoms with Gasteiger partial charge in [0.1, 0.15) is 0 Å². The normalized spacial score (nSPS) is 19.5. The fourth-order valence-corrected chi connectivity index (χ4v) is 6.15. The van der Waals surface area contributed by atoms with Crippen molar-refractivity contribution in [3.63, 3.8) is 0 Å². The number of carbonyl (C=O) groups excluding carboxylic acids is 2. The van der Waals surface area contributed by atoms with Gasteiger partial charge in [-0.3, -0.25) is 19.2 Å². The quantitative estimate of drug-likeness (QED) is 0.322. The molecule has 40 heavy (non-hydrogen) atoms. The first kappa shape index (κ1) is 26.3. The standard InChI is InChI=1S/C26H28ClN10O2S/c1-32-22-21(23(38)33(2)26(32)39)36(15-16-40-25-29-30-31-37(25)19-8-4-3-5-9-19)24(28-22)35-13-11-34(12-14-35)20-10-6-7-18(27)17-20/h3-10,17,21H,11-16H2,1-2H3/q+1. The lowest BCUT2D eigenvalue weighted by Crippen LogP contribution is -2.63. The summed E-state index contributed by atoms with van der Waals surface area (Å²) in [6.45, 7) is 3.48. The van der Waals surface area contributed by atoms with Crippen molar-refractivity contribution in [3.05, 3.63) is 59.6 Å². The summed E-state index contributed by atoms with van der Waals surface area (Å²) in [5.41, 5.74) is 1.95. The number of imide groups is 1. The Labute approximate surface area is 240 Å². The highest BCUT2D eigenvalue weighted by Gasteiger charge is 2.55. The van der Waals surface area contributed by atoms with Gasteiger partial charge in [0.25, 0.3) is 5.91 Å². The number of piperazine rings is 1. The number of benzene rings is 2. The van der Waals surface area contributed by atoms with E-state index in [9.17, 15) is 9.59 Å². The van der Waals surface area contributed by atoms with Gasteiger partial charge >= 0.3 is 12.0 Å². The number of fused-ring (bicyclic) bond motifs is 1. The third-order valence-electron chi connectivity index (χ3n) is 7.25. The molecule has 206 valence electrons. The third-order valence-corrected chi connectivity index (χ3v) is 8.39. The SMILES string of the molecule is CN1C(=O)C2C(=NC(=[N+]3CCN(c4cccc(Cl)c4)CC3)N2CCSc2nnnn2-c2ccccc2)N(C)C1=O. The van der Waals surface area contributed by atoms with Crippen molar-refractivity contribution in [2.24, 2.45) is 4.99 Å². The van der Waals surface area contributed by atoms with Gasteiger partial charge in [-0.25, -0.2) is 9.69 Å². The Morgan fingerprint density at radius 2 is 1.75 bits per heavy atom. The van der Waals surface area contributed by atoms with Gasteiger partial charge < -0.3 is 4.90 Å². The van der Waals surface area contributed by atoms with E-state index in [4.69, 9.17) is 16.6 Å². The predicted molar refractivity (Wildman–Crippen MR) is 152 cm³/mol. The molecule has 1 atom stereocenters. The van der Waals surface area contributed by atoms with Crippen LogP contribution in [0.4, 0.5) is 10.5 Å². The molecule has 1 aromatic heterocycles. The first-order chi connectivity index (χ1) is 19.4. The highest BCUT2D eigenvalue weighted by Crippen LogP contribution is 2.26. The van der Waals surface area contributed by atoms with E-state index in [1.807, 2.05) is 53.4 Å². The summed E-state index contributed by atoms with van der Waals surface area (Å²) in [5.74, 6) is 1.48. The second kappa shape index (κ2) is 10.9. The number of likely N-dealkylation sites (N-methyl/N-ethyl adjacent to an activating group) is 2. The molecule has 2 aromatic carbocycles. The maximum atomic E-state index is 13.4. The van der Waals surface area contributed by atoms with Crippen LogP contribution in [-0.2, 0) is 4.79 Å². The van der Waals surface area contributed by atoms with Gasteiger partial charge in [-0.15, -0.1) is 5.10 Å². The van der Waals surface area contributed by atoms with Crippen molar-refractivity contribution in [1.29, 1.82) is 0 Å². The first-order valence-corrected chi connectivity index (χ1v) is 14.3. The molecule has 2 saturated heterocycles. The van der Waals surface area contributed by atoms with Crippen LogP contribution >= 0.6 is 23.4 Å². The average molecular weight is 580 g/mol. The lowest BCUT2D eigenvalue weighted by atomic mass is 10.1. The van der Waals surface area contributed by atoms with E-state index in [2.05, 4.69) is 31.1 Å². The smallest absolute Gasteiger partial charge is 0.365 e. The van der Waals surface area contributed by atoms with Crippen molar-refractivity contribution in [1.82, 2.24) is 34.9 Å². The van der Waals surface area contributed by atoms with E-state index in [0.29, 0.717) is 47.4 Å². The Morgan fingerprint density at radius 3 is 2.50 bits per heavy atom. The van der Waals surface area contributed by atoms with Crippen molar-refractivity contribution >= 4 is 52.8 Å². The molecule has 6 rings (SSSR count). The molecule has 0 bridgehead atoms. The van der Waals surface area contributed by atoms with Gasteiger partial charge in [0.05, 0.1) is 25.3 Å². The van der Waals surface area contributed by atoms with Gasteiger partial charge in [-0.1, -0.05) is 52.6 Å². The van der Waals surface area contributed by atoms with Gasteiger partial charge in [-0.2, -0.15) is 4.68 Å². The van der Waals surface area contributed by atoms with Crippen molar-refractivity contribution in [3.8, 4) is 5.69 Å². The van der Waals surface area contributed by atoms with Crippen LogP contribution in [0.15, 0.2) is 64.7 Å². The molecule has 3 aromatic rings. The lowest BCUT2D eigenvalue weighted by molar-refractivity contribution is -0.534. The molecule has 2 fully saturated rings. The molecule has 0 N–H and O–H groups in total. The van der Waals surface area contributed by atoms with Crippen molar-refractivity contribution in [2.75, 3.05) is 57.5 Å². The molecule has 4 heterocycles. The Kier molecular flexibility index (Phi) is 7.15. The highest BCUT2D eigenvalue weighted by molar-refractivity contribution is 7.99. The fourth-order valence-electron chi connectivity index (χ4n) is 5.14. The van der Waals surface area contributed by atoms with Gasteiger partial charge in [-0.05, 0) is 40.8 Å². The minimum atomic E-state index is -0.667. The van der Waals surface area contributed by atoms with Crippen LogP contribution in [0.25, 0.3) is 5.69 Å². The van der Waals surface area contributed by atoms with Crippen molar-refractivity contribution in [2.45, 2.75) is 11.2 Å². The summed E-state index contributed by atoms with van der Waals surface area (Å²) in [7, 11) is 3.18. The number of tetrazole rings is 1. The molecular formula is C26H28ClN10O2S+. The molecule has 0 spiro atoms. The molecule has 0 saturated carbocycles. The number of aromatic nitrogens is 4. The second-order valence-electron chi connectivity index (χ2n) is 9.62. The maximum absolute atomic E-state index is 13.4. The van der Waals surface area contributed by atoms with E-state index in [-0.39, 0.29) is 11.9 Å². The number of amides is 3. The minimum Gasteiger partial charge on any atom is -0.365 e. The molecule has 14 heteroatoms. The van der Waals surface area contributed by atoms with E-state index in [1.54, 1.807) is 11.7 Å². The van der Waals surface area contributed by atoms with Crippen LogP contribution in [0.5, 0.6) is 0 Å². The fraction of sp³-hybridized carbons (Fsp3) is 0.346. The molecule has 3 amide bonds. The molecule has 12 nitrogen and oxygen atoms in total. The van der Waals surface area contributed by atoms with Gasteiger partial charge in [0, 0.05) is 43.6 Å². The van der Waals surface area contributed by atoms with E-state index in [0.717, 1.165) is 24.5 Å². The summed E-state index contributed by atoms with van der Waals surface area (Å²) in [4.78, 5) is 37.9. The Morgan fingerprint density at radius 1 is 1.00 bits per heavy atom. The number of rotatable bonds is 6. The number of thioether (sulfide) groups is 1. The molecular weight excluding hydrogens is 552 g/mol. The largest absolute Gasteiger partial charge is 0.392 e. The number of carbonyl (C=O) groups is 2. The first-order valence-electron chi connectivity index (χ1n) is 12.9. The minimum absolute atomic E-state index is 0.284. The summed E-state index contributed by atoms with van der Waals surface area (Å²) in [5, 5.41) is 13.5. The maximum Gasteiger partial charge on any atom is 0.392 e. The zero-order chi connectivity index (χ0) is 27.8. The molecule has 0 radical (unpaired) electrons. The zero-order valence-electron chi connectivity index (χ0n) is 22.1. The summed E-state index contributed by atoms with van der Waals surface area (Å²) in [6, 6.07) is 16.5. The number of anilines is 1. The summed E-state index contributed by atoms with van der Waals surface area (Å²) >= 11 is 7.72. The summed E-state index contributed by atoms with van der Waals surface area (Å²) < 4.78 is 3.89.